The van der Waals surface area contributed by atoms with E-state index in [2.05, 4.69) is 14.8 Å². The number of esters is 1. The summed E-state index contributed by atoms with van der Waals surface area (Å²) in [5.74, 6) is -2.26. The molecular formula is C18H15ClF4N2O3. The number of carbonyl (C=O) groups excluding carboxylic acids is 1. The smallest absolute Gasteiger partial charge is 0.465 e. The van der Waals surface area contributed by atoms with Crippen LogP contribution in [-0.2, 0) is 11.3 Å². The number of benzene rings is 2. The third-order valence-corrected chi connectivity index (χ3v) is 3.92. The van der Waals surface area contributed by atoms with Gasteiger partial charge in [-0.15, -0.1) is 13.2 Å². The molecule has 2 rings (SSSR count). The van der Waals surface area contributed by atoms with Gasteiger partial charge in [0.15, 0.2) is 0 Å². The second-order valence-corrected chi connectivity index (χ2v) is 6.07. The third kappa shape index (κ3) is 5.35. The number of nitrogens with one attached hydrogen (secondary N) is 2. The number of carbonyl (C=O) groups is 1. The van der Waals surface area contributed by atoms with E-state index in [1.807, 2.05) is 0 Å². The molecule has 5 nitrogen and oxygen atoms in total. The van der Waals surface area contributed by atoms with E-state index in [9.17, 15) is 22.4 Å². The molecule has 0 spiro atoms. The minimum Gasteiger partial charge on any atom is -0.465 e. The molecule has 0 aliphatic rings. The van der Waals surface area contributed by atoms with Gasteiger partial charge in [0.1, 0.15) is 11.6 Å². The van der Waals surface area contributed by atoms with Crippen molar-refractivity contribution in [3.63, 3.8) is 0 Å². The minimum atomic E-state index is -4.86. The van der Waals surface area contributed by atoms with Gasteiger partial charge in [0.25, 0.3) is 0 Å². The molecule has 0 bridgehead atoms. The zero-order chi connectivity index (χ0) is 21.1. The van der Waals surface area contributed by atoms with Crippen molar-refractivity contribution in [2.45, 2.75) is 19.8 Å². The van der Waals surface area contributed by atoms with E-state index in [4.69, 9.17) is 17.0 Å². The molecule has 0 aliphatic heterocycles. The summed E-state index contributed by atoms with van der Waals surface area (Å²) in [6.45, 7) is 1.53. The van der Waals surface area contributed by atoms with Crippen LogP contribution in [0.5, 0.6) is 5.75 Å². The highest BCUT2D eigenvalue weighted by atomic mass is 35.5. The average Bonchev–Trinajstić information content (AvgIpc) is 2.60. The standard InChI is InChI=1S/C18H15ClF4N2O3/c1-9(24)11-6-12(17(26)27-2)14(20)7-15(11)25-8-10-3-4-16(13(19)5-10)28-18(21,22)23/h3-7,24-25H,8H2,1-2H3. The maximum absolute atomic E-state index is 14.2. The van der Waals surface area contributed by atoms with Crippen molar-refractivity contribution in [1.82, 2.24) is 0 Å². The summed E-state index contributed by atoms with van der Waals surface area (Å²) in [6, 6.07) is 5.93. The highest BCUT2D eigenvalue weighted by Crippen LogP contribution is 2.31. The fourth-order valence-corrected chi connectivity index (χ4v) is 2.60. The van der Waals surface area contributed by atoms with Gasteiger partial charge in [-0.2, -0.15) is 0 Å². The minimum absolute atomic E-state index is 0.0691. The van der Waals surface area contributed by atoms with Crippen molar-refractivity contribution in [3.05, 3.63) is 57.9 Å². The first-order valence-corrected chi connectivity index (χ1v) is 8.15. The molecule has 0 unspecified atom stereocenters. The number of ether oxygens (including phenoxy) is 2. The predicted molar refractivity (Wildman–Crippen MR) is 95.7 cm³/mol. The van der Waals surface area contributed by atoms with Crippen molar-refractivity contribution >= 4 is 29.0 Å². The molecule has 0 saturated carbocycles. The number of rotatable bonds is 6. The van der Waals surface area contributed by atoms with E-state index < -0.39 is 23.9 Å². The van der Waals surface area contributed by atoms with Gasteiger partial charge in [-0.3, -0.25) is 0 Å². The number of halogens is 5. The van der Waals surface area contributed by atoms with Crippen molar-refractivity contribution in [2.75, 3.05) is 12.4 Å². The molecule has 0 radical (unpaired) electrons. The molecule has 0 fully saturated rings. The van der Waals surface area contributed by atoms with Crippen LogP contribution in [0, 0.1) is 11.2 Å². The second-order valence-electron chi connectivity index (χ2n) is 5.66. The van der Waals surface area contributed by atoms with Crippen LogP contribution in [0.4, 0.5) is 23.2 Å². The molecule has 0 saturated heterocycles. The Hall–Kier alpha value is -2.81. The van der Waals surface area contributed by atoms with Crippen molar-refractivity contribution in [1.29, 1.82) is 5.41 Å². The Labute approximate surface area is 162 Å². The van der Waals surface area contributed by atoms with E-state index in [0.29, 0.717) is 5.56 Å². The number of methoxy groups -OCH3 is 1. The Bertz CT molecular complexity index is 916. The second kappa shape index (κ2) is 8.47. The lowest BCUT2D eigenvalue weighted by atomic mass is 10.0. The van der Waals surface area contributed by atoms with Crippen LogP contribution in [0.1, 0.15) is 28.4 Å². The molecular weight excluding hydrogens is 404 g/mol. The Morgan fingerprint density at radius 2 is 1.89 bits per heavy atom. The summed E-state index contributed by atoms with van der Waals surface area (Å²) in [4.78, 5) is 11.6. The Morgan fingerprint density at radius 3 is 2.43 bits per heavy atom. The van der Waals surface area contributed by atoms with Gasteiger partial charge < -0.3 is 20.2 Å². The quantitative estimate of drug-likeness (QED) is 0.386. The molecule has 2 aromatic rings. The summed E-state index contributed by atoms with van der Waals surface area (Å²) in [6.07, 6.45) is -4.86. The van der Waals surface area contributed by atoms with E-state index in [1.165, 1.54) is 25.1 Å². The van der Waals surface area contributed by atoms with Crippen LogP contribution in [0.25, 0.3) is 0 Å². The van der Waals surface area contributed by atoms with Crippen molar-refractivity contribution in [2.24, 2.45) is 0 Å². The molecule has 28 heavy (non-hydrogen) atoms. The number of anilines is 1. The van der Waals surface area contributed by atoms with Crippen LogP contribution < -0.4 is 10.1 Å². The monoisotopic (exact) mass is 418 g/mol. The molecule has 0 aliphatic carbocycles. The van der Waals surface area contributed by atoms with Gasteiger partial charge in [0.2, 0.25) is 0 Å². The summed E-state index contributed by atoms with van der Waals surface area (Å²) in [5, 5.41) is 10.4. The molecule has 0 amide bonds. The van der Waals surface area contributed by atoms with Crippen molar-refractivity contribution in [3.8, 4) is 5.75 Å². The van der Waals surface area contributed by atoms with Gasteiger partial charge in [-0.05, 0) is 36.8 Å². The summed E-state index contributed by atoms with van der Waals surface area (Å²) in [5.41, 5.74) is 0.742. The Balaban J connectivity index is 2.24. The molecule has 2 aromatic carbocycles. The lowest BCUT2D eigenvalue weighted by Gasteiger charge is -2.15. The molecule has 0 heterocycles. The SMILES string of the molecule is COC(=O)c1cc(C(C)=N)c(NCc2ccc(OC(F)(F)F)c(Cl)c2)cc1F. The lowest BCUT2D eigenvalue weighted by Crippen LogP contribution is -2.17. The highest BCUT2D eigenvalue weighted by Gasteiger charge is 2.32. The van der Waals surface area contributed by atoms with Crippen LogP contribution in [0.15, 0.2) is 30.3 Å². The third-order valence-electron chi connectivity index (χ3n) is 3.62. The average molecular weight is 419 g/mol. The predicted octanol–water partition coefficient (Wildman–Crippen LogP) is 5.16. The van der Waals surface area contributed by atoms with Gasteiger partial charge in [0.05, 0.1) is 17.7 Å². The summed E-state index contributed by atoms with van der Waals surface area (Å²) < 4.78 is 59.3. The maximum atomic E-state index is 14.2. The topological polar surface area (TPSA) is 71.4 Å². The molecule has 2 N–H and O–H groups in total. The zero-order valence-corrected chi connectivity index (χ0v) is 15.5. The molecule has 150 valence electrons. The Kier molecular flexibility index (Phi) is 6.50. The van der Waals surface area contributed by atoms with Crippen LogP contribution in [0.3, 0.4) is 0 Å². The largest absolute Gasteiger partial charge is 0.573 e. The van der Waals surface area contributed by atoms with E-state index in [-0.39, 0.29) is 34.1 Å². The van der Waals surface area contributed by atoms with Gasteiger partial charge in [-0.25, -0.2) is 9.18 Å². The van der Waals surface area contributed by atoms with Crippen LogP contribution in [-0.4, -0.2) is 25.2 Å². The number of alkyl halides is 3. The van der Waals surface area contributed by atoms with Crippen LogP contribution >= 0.6 is 11.6 Å². The zero-order valence-electron chi connectivity index (χ0n) is 14.7. The fraction of sp³-hybridized carbons (Fsp3) is 0.222. The number of hydrogen-bond donors (Lipinski definition) is 2. The van der Waals surface area contributed by atoms with Gasteiger partial charge >= 0.3 is 12.3 Å². The fourth-order valence-electron chi connectivity index (χ4n) is 2.36. The maximum Gasteiger partial charge on any atom is 0.573 e. The first kappa shape index (κ1) is 21.5. The molecule has 10 heteroatoms. The van der Waals surface area contributed by atoms with E-state index in [0.717, 1.165) is 19.2 Å². The van der Waals surface area contributed by atoms with E-state index >= 15 is 0 Å². The lowest BCUT2D eigenvalue weighted by molar-refractivity contribution is -0.274. The number of hydrogen-bond acceptors (Lipinski definition) is 5. The van der Waals surface area contributed by atoms with Gasteiger partial charge in [0, 0.05) is 23.5 Å². The first-order chi connectivity index (χ1) is 13.0. The Morgan fingerprint density at radius 1 is 1.21 bits per heavy atom. The van der Waals surface area contributed by atoms with Crippen molar-refractivity contribution < 1.29 is 31.8 Å². The summed E-state index contributed by atoms with van der Waals surface area (Å²) in [7, 11) is 1.11. The summed E-state index contributed by atoms with van der Waals surface area (Å²) >= 11 is 5.80. The van der Waals surface area contributed by atoms with Crippen LogP contribution in [0.2, 0.25) is 5.02 Å². The molecule has 0 atom stereocenters. The first-order valence-electron chi connectivity index (χ1n) is 7.77. The molecule has 0 aromatic heterocycles. The van der Waals surface area contributed by atoms with Gasteiger partial charge in [-0.1, -0.05) is 17.7 Å². The highest BCUT2D eigenvalue weighted by molar-refractivity contribution is 6.32. The normalized spacial score (nSPS) is 11.1. The van der Waals surface area contributed by atoms with E-state index in [1.54, 1.807) is 0 Å².